The molecule has 0 heterocycles. The molecule has 0 aliphatic rings. The first-order valence-electron chi connectivity index (χ1n) is 33.3. The summed E-state index contributed by atoms with van der Waals surface area (Å²) < 4.78 is 0. The molecular weight excluding hydrogens is 915 g/mol. The molecule has 1 amide bonds. The van der Waals surface area contributed by atoms with Crippen molar-refractivity contribution in [3.8, 4) is 0 Å². The van der Waals surface area contributed by atoms with Crippen molar-refractivity contribution in [3.05, 3.63) is 85.1 Å². The molecule has 0 saturated carbocycles. The standard InChI is InChI=1S/C71H129NO3/c1-3-5-7-9-11-13-15-17-19-21-23-25-27-29-31-33-34-35-36-37-38-39-41-43-45-47-49-51-53-55-57-59-61-63-65-67-71(75)72-69(68-73)70(74)66-64-62-60-58-56-54-52-50-48-46-44-42-40-32-30-28-26-24-22-20-18-16-14-12-10-8-6-4-2/h5,7,11,13,17,19,23,25,29,31,56,58,64,66,69-70,73-74H,3-4,6,8-10,12,14-16,18,20-22,24,26-28,30,32-55,57,59-63,65,67-68H2,1-2H3,(H,72,75)/b7-5-,13-11-,19-17-,25-23-,31-29-,58-56+,66-64+. The van der Waals surface area contributed by atoms with Crippen molar-refractivity contribution in [3.63, 3.8) is 0 Å². The van der Waals surface area contributed by atoms with Gasteiger partial charge in [0.25, 0.3) is 0 Å². The molecule has 0 aliphatic carbocycles. The van der Waals surface area contributed by atoms with E-state index in [2.05, 4.69) is 92.1 Å². The summed E-state index contributed by atoms with van der Waals surface area (Å²) in [6.45, 7) is 4.21. The smallest absolute Gasteiger partial charge is 0.220 e. The molecule has 4 heteroatoms. The fourth-order valence-corrected chi connectivity index (χ4v) is 10.1. The zero-order chi connectivity index (χ0) is 54.1. The summed E-state index contributed by atoms with van der Waals surface area (Å²) in [5.41, 5.74) is 0. The minimum Gasteiger partial charge on any atom is -0.394 e. The van der Waals surface area contributed by atoms with Crippen LogP contribution < -0.4 is 5.32 Å². The molecule has 0 rings (SSSR count). The summed E-state index contributed by atoms with van der Waals surface area (Å²) in [4.78, 5) is 12.5. The SMILES string of the molecule is CC/C=C\C/C=C\C/C=C\C/C=C\C/C=C\CCCCCCCCCCCCCCCCCCCCCC(=O)NC(CO)C(O)/C=C/CC/C=C/CCCCCCCCCCCCCCCCCCCCCCCC. The molecule has 3 N–H and O–H groups in total. The zero-order valence-corrected chi connectivity index (χ0v) is 50.3. The number of aliphatic hydroxyl groups excluding tert-OH is 2. The summed E-state index contributed by atoms with van der Waals surface area (Å²) in [6.07, 6.45) is 96.6. The third kappa shape index (κ3) is 62.3. The highest BCUT2D eigenvalue weighted by Gasteiger charge is 2.18. The summed E-state index contributed by atoms with van der Waals surface area (Å²) in [5.74, 6) is -0.0701. The Morgan fingerprint density at radius 3 is 0.933 bits per heavy atom. The number of carbonyl (C=O) groups excluding carboxylic acids is 1. The molecular formula is C71H129NO3. The van der Waals surface area contributed by atoms with E-state index >= 15 is 0 Å². The number of amides is 1. The molecule has 0 aliphatic heterocycles. The largest absolute Gasteiger partial charge is 0.394 e. The van der Waals surface area contributed by atoms with Gasteiger partial charge in [-0.05, 0) is 77.0 Å². The highest BCUT2D eigenvalue weighted by Crippen LogP contribution is 2.18. The number of unbranched alkanes of at least 4 members (excludes halogenated alkanes) is 42. The number of hydrogen-bond acceptors (Lipinski definition) is 3. The van der Waals surface area contributed by atoms with E-state index in [1.807, 2.05) is 6.08 Å². The first-order chi connectivity index (χ1) is 37.2. The molecule has 0 spiro atoms. The monoisotopic (exact) mass is 1040 g/mol. The van der Waals surface area contributed by atoms with Crippen LogP contribution in [0.3, 0.4) is 0 Å². The fraction of sp³-hybridized carbons (Fsp3) is 0.789. The molecule has 0 aromatic heterocycles. The van der Waals surface area contributed by atoms with E-state index < -0.39 is 12.1 Å². The Morgan fingerprint density at radius 2 is 0.600 bits per heavy atom. The van der Waals surface area contributed by atoms with Gasteiger partial charge in [0.15, 0.2) is 0 Å². The van der Waals surface area contributed by atoms with Crippen LogP contribution in [-0.2, 0) is 4.79 Å². The molecule has 4 nitrogen and oxygen atoms in total. The first-order valence-corrected chi connectivity index (χ1v) is 33.3. The van der Waals surface area contributed by atoms with E-state index in [-0.39, 0.29) is 12.5 Å². The van der Waals surface area contributed by atoms with Crippen molar-refractivity contribution in [1.29, 1.82) is 0 Å². The lowest BCUT2D eigenvalue weighted by Crippen LogP contribution is -2.45. The maximum atomic E-state index is 12.5. The number of hydrogen-bond donors (Lipinski definition) is 3. The lowest BCUT2D eigenvalue weighted by molar-refractivity contribution is -0.123. The third-order valence-electron chi connectivity index (χ3n) is 15.1. The number of rotatable bonds is 61. The van der Waals surface area contributed by atoms with Crippen LogP contribution in [0, 0.1) is 0 Å². The quantitative estimate of drug-likeness (QED) is 0.0420. The van der Waals surface area contributed by atoms with Gasteiger partial charge in [0.1, 0.15) is 0 Å². The summed E-state index contributed by atoms with van der Waals surface area (Å²) in [7, 11) is 0. The van der Waals surface area contributed by atoms with Gasteiger partial charge < -0.3 is 15.5 Å². The van der Waals surface area contributed by atoms with Crippen LogP contribution in [0.1, 0.15) is 341 Å². The molecule has 0 fully saturated rings. The van der Waals surface area contributed by atoms with Crippen molar-refractivity contribution >= 4 is 5.91 Å². The van der Waals surface area contributed by atoms with Gasteiger partial charge in [0, 0.05) is 6.42 Å². The fourth-order valence-electron chi connectivity index (χ4n) is 10.1. The van der Waals surface area contributed by atoms with E-state index in [4.69, 9.17) is 0 Å². The molecule has 0 aromatic rings. The Balaban J connectivity index is 3.49. The van der Waals surface area contributed by atoms with E-state index in [1.165, 1.54) is 257 Å². The van der Waals surface area contributed by atoms with Gasteiger partial charge >= 0.3 is 0 Å². The number of carbonyl (C=O) groups is 1. The van der Waals surface area contributed by atoms with E-state index in [9.17, 15) is 15.0 Å². The Morgan fingerprint density at radius 1 is 0.333 bits per heavy atom. The van der Waals surface area contributed by atoms with Crippen molar-refractivity contribution in [2.75, 3.05) is 6.61 Å². The molecule has 75 heavy (non-hydrogen) atoms. The van der Waals surface area contributed by atoms with Crippen LogP contribution in [0.25, 0.3) is 0 Å². The van der Waals surface area contributed by atoms with Crippen LogP contribution in [-0.4, -0.2) is 34.9 Å². The van der Waals surface area contributed by atoms with E-state index in [0.717, 1.165) is 64.2 Å². The van der Waals surface area contributed by atoms with E-state index in [0.29, 0.717) is 6.42 Å². The van der Waals surface area contributed by atoms with Crippen molar-refractivity contribution < 1.29 is 15.0 Å². The Labute approximate surface area is 469 Å². The summed E-state index contributed by atoms with van der Waals surface area (Å²) in [5, 5.41) is 23.2. The summed E-state index contributed by atoms with van der Waals surface area (Å²) in [6, 6.07) is -0.643. The average Bonchev–Trinajstić information content (AvgIpc) is 3.41. The van der Waals surface area contributed by atoms with Gasteiger partial charge in [-0.15, -0.1) is 0 Å². The van der Waals surface area contributed by atoms with Gasteiger partial charge in [-0.25, -0.2) is 0 Å². The zero-order valence-electron chi connectivity index (χ0n) is 50.3. The highest BCUT2D eigenvalue weighted by atomic mass is 16.3. The third-order valence-corrected chi connectivity index (χ3v) is 15.1. The molecule has 2 atom stereocenters. The lowest BCUT2D eigenvalue weighted by atomic mass is 10.0. The van der Waals surface area contributed by atoms with Gasteiger partial charge in [-0.1, -0.05) is 343 Å². The van der Waals surface area contributed by atoms with Crippen LogP contribution in [0.4, 0.5) is 0 Å². The second-order valence-electron chi connectivity index (χ2n) is 22.5. The topological polar surface area (TPSA) is 69.6 Å². The van der Waals surface area contributed by atoms with Gasteiger partial charge in [0.2, 0.25) is 5.91 Å². The maximum absolute atomic E-state index is 12.5. The minimum atomic E-state index is -0.866. The average molecular weight is 1040 g/mol. The molecule has 436 valence electrons. The molecule has 0 saturated heterocycles. The lowest BCUT2D eigenvalue weighted by Gasteiger charge is -2.19. The molecule has 0 radical (unpaired) electrons. The minimum absolute atomic E-state index is 0.0701. The number of allylic oxidation sites excluding steroid dienone is 13. The Hall–Kier alpha value is -2.43. The van der Waals surface area contributed by atoms with Gasteiger partial charge in [-0.3, -0.25) is 4.79 Å². The van der Waals surface area contributed by atoms with Crippen molar-refractivity contribution in [1.82, 2.24) is 5.32 Å². The first kappa shape index (κ1) is 72.6. The Bertz CT molecular complexity index is 1320. The van der Waals surface area contributed by atoms with Crippen molar-refractivity contribution in [2.45, 2.75) is 353 Å². The second kappa shape index (κ2) is 65.9. The predicted octanol–water partition coefficient (Wildman–Crippen LogP) is 22.7. The van der Waals surface area contributed by atoms with E-state index in [1.54, 1.807) is 6.08 Å². The summed E-state index contributed by atoms with van der Waals surface area (Å²) >= 11 is 0. The second-order valence-corrected chi connectivity index (χ2v) is 22.5. The number of aliphatic hydroxyl groups is 2. The van der Waals surface area contributed by atoms with Gasteiger partial charge in [0.05, 0.1) is 18.8 Å². The van der Waals surface area contributed by atoms with Crippen LogP contribution >= 0.6 is 0 Å². The predicted molar refractivity (Wildman–Crippen MR) is 336 cm³/mol. The molecule has 0 aromatic carbocycles. The maximum Gasteiger partial charge on any atom is 0.220 e. The highest BCUT2D eigenvalue weighted by molar-refractivity contribution is 5.76. The molecule has 0 bridgehead atoms. The normalized spacial score (nSPS) is 13.3. The van der Waals surface area contributed by atoms with Crippen LogP contribution in [0.5, 0.6) is 0 Å². The Kier molecular flexibility index (Phi) is 63.7. The van der Waals surface area contributed by atoms with Crippen LogP contribution in [0.2, 0.25) is 0 Å². The van der Waals surface area contributed by atoms with Gasteiger partial charge in [-0.2, -0.15) is 0 Å². The number of nitrogens with one attached hydrogen (secondary N) is 1. The van der Waals surface area contributed by atoms with Crippen molar-refractivity contribution in [2.24, 2.45) is 0 Å². The van der Waals surface area contributed by atoms with Crippen LogP contribution in [0.15, 0.2) is 85.1 Å². The molecule has 2 unspecified atom stereocenters.